The van der Waals surface area contributed by atoms with Crippen molar-refractivity contribution < 1.29 is 8.78 Å². The summed E-state index contributed by atoms with van der Waals surface area (Å²) in [7, 11) is 0. The van der Waals surface area contributed by atoms with Crippen LogP contribution in [-0.2, 0) is 5.33 Å². The molecule has 0 fully saturated rings. The van der Waals surface area contributed by atoms with Gasteiger partial charge < -0.3 is 0 Å². The molecule has 1 rings (SSSR count). The molecule has 0 unspecified atom stereocenters. The lowest BCUT2D eigenvalue weighted by atomic mass is 10.2. The fourth-order valence-corrected chi connectivity index (χ4v) is 3.78. The van der Waals surface area contributed by atoms with Crippen molar-refractivity contribution in [2.24, 2.45) is 0 Å². The van der Waals surface area contributed by atoms with Crippen LogP contribution in [0, 0.1) is 7.14 Å². The highest BCUT2D eigenvalue weighted by Gasteiger charge is 2.18. The van der Waals surface area contributed by atoms with Gasteiger partial charge in [0.25, 0.3) is 6.43 Å². The van der Waals surface area contributed by atoms with E-state index >= 15 is 0 Å². The van der Waals surface area contributed by atoms with Gasteiger partial charge in [0.05, 0.1) is 5.69 Å². The summed E-state index contributed by atoms with van der Waals surface area (Å²) >= 11 is 6.98. The fourth-order valence-electron chi connectivity index (χ4n) is 0.814. The normalized spacial score (nSPS) is 10.9. The maximum Gasteiger partial charge on any atom is 0.266 e. The lowest BCUT2D eigenvalue weighted by molar-refractivity contribution is 0.149. The minimum atomic E-state index is -2.43. The molecule has 1 nitrogen and oxygen atoms in total. The summed E-state index contributed by atoms with van der Waals surface area (Å²) in [4.78, 5) is 4.04. The molecule has 6 heteroatoms. The summed E-state index contributed by atoms with van der Waals surface area (Å²) in [5.74, 6) is 0. The molecular formula is C7H4BrF2I2N. The average Bonchev–Trinajstić information content (AvgIpc) is 2.04. The molecule has 13 heavy (non-hydrogen) atoms. The van der Waals surface area contributed by atoms with Crippen LogP contribution in [0.15, 0.2) is 6.20 Å². The Hall–Kier alpha value is 0.950. The van der Waals surface area contributed by atoms with Gasteiger partial charge in [-0.15, -0.1) is 0 Å². The molecule has 0 spiro atoms. The van der Waals surface area contributed by atoms with Crippen molar-refractivity contribution in [3.8, 4) is 0 Å². The summed E-state index contributed by atoms with van der Waals surface area (Å²) < 4.78 is 26.2. The third kappa shape index (κ3) is 2.71. The Bertz CT molecular complexity index is 320. The van der Waals surface area contributed by atoms with Crippen molar-refractivity contribution in [3.63, 3.8) is 0 Å². The third-order valence-electron chi connectivity index (χ3n) is 1.43. The Labute approximate surface area is 110 Å². The molecule has 0 saturated heterocycles. The summed E-state index contributed by atoms with van der Waals surface area (Å²) in [6.07, 6.45) is -0.958. The number of hydrogen-bond acceptors (Lipinski definition) is 1. The number of pyridine rings is 1. The van der Waals surface area contributed by atoms with E-state index < -0.39 is 6.43 Å². The first-order valence-corrected chi connectivity index (χ1v) is 6.52. The number of nitrogens with zero attached hydrogens (tertiary/aromatic N) is 1. The van der Waals surface area contributed by atoms with E-state index in [0.717, 1.165) is 0 Å². The van der Waals surface area contributed by atoms with Gasteiger partial charge in [-0.25, -0.2) is 8.78 Å². The lowest BCUT2D eigenvalue weighted by Gasteiger charge is -2.08. The van der Waals surface area contributed by atoms with Crippen LogP contribution >= 0.6 is 61.1 Å². The van der Waals surface area contributed by atoms with Gasteiger partial charge in [-0.3, -0.25) is 4.98 Å². The molecule has 0 saturated carbocycles. The van der Waals surface area contributed by atoms with Gasteiger partial charge in [0.2, 0.25) is 0 Å². The summed E-state index contributed by atoms with van der Waals surface area (Å²) in [6.45, 7) is 0. The number of hydrogen-bond donors (Lipinski definition) is 0. The van der Waals surface area contributed by atoms with Crippen LogP contribution in [0.3, 0.4) is 0 Å². The number of alkyl halides is 3. The Morgan fingerprint density at radius 1 is 1.46 bits per heavy atom. The van der Waals surface area contributed by atoms with Gasteiger partial charge in [0.15, 0.2) is 0 Å². The zero-order chi connectivity index (χ0) is 10.0. The largest absolute Gasteiger partial charge is 0.266 e. The van der Waals surface area contributed by atoms with E-state index in [1.165, 1.54) is 6.20 Å². The second-order valence-corrected chi connectivity index (χ2v) is 5.02. The summed E-state index contributed by atoms with van der Waals surface area (Å²) in [6, 6.07) is 0. The molecule has 0 bridgehead atoms. The number of rotatable bonds is 2. The van der Waals surface area contributed by atoms with Crippen molar-refractivity contribution in [2.45, 2.75) is 11.8 Å². The minimum absolute atomic E-state index is 0.0886. The van der Waals surface area contributed by atoms with Crippen molar-refractivity contribution in [1.29, 1.82) is 0 Å². The van der Waals surface area contributed by atoms with Crippen LogP contribution in [-0.4, -0.2) is 4.98 Å². The molecule has 0 aromatic carbocycles. The predicted molar refractivity (Wildman–Crippen MR) is 67.3 cm³/mol. The van der Waals surface area contributed by atoms with Crippen molar-refractivity contribution >= 4 is 61.1 Å². The van der Waals surface area contributed by atoms with E-state index in [0.29, 0.717) is 18.2 Å². The standard InChI is InChI=1S/C7H4BrF2I2N/c8-1-4-6(12)5(7(9)10)3(11)2-13-4/h2,7H,1H2. The molecule has 0 amide bonds. The first-order valence-electron chi connectivity index (χ1n) is 3.24. The second-order valence-electron chi connectivity index (χ2n) is 2.21. The van der Waals surface area contributed by atoms with Crippen molar-refractivity contribution in [2.75, 3.05) is 0 Å². The Balaban J connectivity index is 3.30. The van der Waals surface area contributed by atoms with Gasteiger partial charge in [-0.1, -0.05) is 15.9 Å². The summed E-state index contributed by atoms with van der Waals surface area (Å²) in [5.41, 5.74) is 0.752. The van der Waals surface area contributed by atoms with Crippen LogP contribution in [0.2, 0.25) is 0 Å². The van der Waals surface area contributed by atoms with E-state index in [2.05, 4.69) is 20.9 Å². The average molecular weight is 474 g/mol. The topological polar surface area (TPSA) is 12.9 Å². The molecule has 1 heterocycles. The highest BCUT2D eigenvalue weighted by Crippen LogP contribution is 2.30. The number of aromatic nitrogens is 1. The van der Waals surface area contributed by atoms with Gasteiger partial charge in [0.1, 0.15) is 0 Å². The van der Waals surface area contributed by atoms with Crippen LogP contribution in [0.4, 0.5) is 8.78 Å². The maximum atomic E-state index is 12.6. The maximum absolute atomic E-state index is 12.6. The van der Waals surface area contributed by atoms with Crippen LogP contribution in [0.25, 0.3) is 0 Å². The first-order chi connectivity index (χ1) is 6.07. The minimum Gasteiger partial charge on any atom is -0.258 e. The van der Waals surface area contributed by atoms with Gasteiger partial charge in [-0.05, 0) is 45.2 Å². The SMILES string of the molecule is FC(F)c1c(I)cnc(CBr)c1I. The predicted octanol–water partition coefficient (Wildman–Crippen LogP) is 4.12. The fraction of sp³-hybridized carbons (Fsp3) is 0.286. The van der Waals surface area contributed by atoms with E-state index in [4.69, 9.17) is 0 Å². The molecule has 1 aromatic heterocycles. The molecule has 0 aliphatic carbocycles. The molecule has 0 aliphatic heterocycles. The Morgan fingerprint density at radius 3 is 2.54 bits per heavy atom. The Morgan fingerprint density at radius 2 is 2.08 bits per heavy atom. The number of halogens is 5. The van der Waals surface area contributed by atoms with E-state index in [9.17, 15) is 8.78 Å². The third-order valence-corrected chi connectivity index (χ3v) is 4.02. The lowest BCUT2D eigenvalue weighted by Crippen LogP contribution is -2.00. The van der Waals surface area contributed by atoms with E-state index in [1.54, 1.807) is 0 Å². The first kappa shape index (κ1) is 12.0. The monoisotopic (exact) mass is 473 g/mol. The van der Waals surface area contributed by atoms with E-state index in [1.807, 2.05) is 45.2 Å². The highest BCUT2D eigenvalue weighted by atomic mass is 127. The second kappa shape index (κ2) is 5.15. The molecule has 0 N–H and O–H groups in total. The molecule has 1 aromatic rings. The van der Waals surface area contributed by atoms with Crippen molar-refractivity contribution in [1.82, 2.24) is 4.98 Å². The van der Waals surface area contributed by atoms with Crippen LogP contribution in [0.5, 0.6) is 0 Å². The summed E-state index contributed by atoms with van der Waals surface area (Å²) in [5, 5.41) is 0.502. The molecule has 72 valence electrons. The molecule has 0 aliphatic rings. The van der Waals surface area contributed by atoms with E-state index in [-0.39, 0.29) is 5.56 Å². The van der Waals surface area contributed by atoms with Crippen LogP contribution in [0.1, 0.15) is 17.7 Å². The zero-order valence-electron chi connectivity index (χ0n) is 6.20. The quantitative estimate of drug-likeness (QED) is 0.465. The highest BCUT2D eigenvalue weighted by molar-refractivity contribution is 14.1. The molecule has 0 radical (unpaired) electrons. The van der Waals surface area contributed by atoms with Gasteiger partial charge in [-0.2, -0.15) is 0 Å². The zero-order valence-corrected chi connectivity index (χ0v) is 12.1. The smallest absolute Gasteiger partial charge is 0.258 e. The van der Waals surface area contributed by atoms with Crippen molar-refractivity contribution in [3.05, 3.63) is 24.6 Å². The van der Waals surface area contributed by atoms with Gasteiger partial charge >= 0.3 is 0 Å². The molecule has 0 atom stereocenters. The molecular weight excluding hydrogens is 470 g/mol. The van der Waals surface area contributed by atoms with Crippen LogP contribution < -0.4 is 0 Å². The van der Waals surface area contributed by atoms with Gasteiger partial charge in [0, 0.05) is 24.2 Å². The Kier molecular flexibility index (Phi) is 4.76.